The van der Waals surface area contributed by atoms with E-state index in [1.807, 2.05) is 30.3 Å². The van der Waals surface area contributed by atoms with Crippen LogP contribution in [0.4, 0.5) is 0 Å². The van der Waals surface area contributed by atoms with E-state index in [-0.39, 0.29) is 0 Å². The molecule has 1 unspecified atom stereocenters. The Kier molecular flexibility index (Phi) is 7.69. The van der Waals surface area contributed by atoms with E-state index >= 15 is 0 Å². The van der Waals surface area contributed by atoms with Crippen LogP contribution >= 0.6 is 0 Å². The monoisotopic (exact) mass is 235 g/mol. The van der Waals surface area contributed by atoms with E-state index in [9.17, 15) is 5.11 Å². The van der Waals surface area contributed by atoms with Crippen LogP contribution in [0.3, 0.4) is 0 Å². The second-order valence-corrected chi connectivity index (χ2v) is 4.43. The van der Waals surface area contributed by atoms with Gasteiger partial charge in [-0.1, -0.05) is 62.9 Å². The normalized spacial score (nSPS) is 12.6. The molecule has 1 atom stereocenters. The molecule has 0 fully saturated rings. The van der Waals surface area contributed by atoms with E-state index in [0.29, 0.717) is 13.0 Å². The van der Waals surface area contributed by atoms with Crippen LogP contribution in [0.25, 0.3) is 0 Å². The average Bonchev–Trinajstić information content (AvgIpc) is 2.37. The van der Waals surface area contributed by atoms with Gasteiger partial charge in [-0.3, -0.25) is 0 Å². The highest BCUT2D eigenvalue weighted by Crippen LogP contribution is 2.10. The number of benzene rings is 1. The lowest BCUT2D eigenvalue weighted by molar-refractivity contribution is -0.151. The predicted molar refractivity (Wildman–Crippen MR) is 69.1 cm³/mol. The van der Waals surface area contributed by atoms with Crippen molar-refractivity contribution in [1.82, 2.24) is 0 Å². The zero-order valence-electron chi connectivity index (χ0n) is 10.7. The number of hydrogen-bond donors (Lipinski definition) is 0. The first-order chi connectivity index (χ1) is 8.33. The molecule has 2 nitrogen and oxygen atoms in total. The van der Waals surface area contributed by atoms with Crippen molar-refractivity contribution < 1.29 is 9.84 Å². The van der Waals surface area contributed by atoms with E-state index in [1.54, 1.807) is 0 Å². The molecule has 1 aromatic rings. The minimum absolute atomic E-state index is 0.434. The van der Waals surface area contributed by atoms with Crippen LogP contribution in [0, 0.1) is 0 Å². The zero-order valence-corrected chi connectivity index (χ0v) is 10.7. The molecular formula is C15H23O2. The van der Waals surface area contributed by atoms with Gasteiger partial charge in [0.25, 0.3) is 0 Å². The Morgan fingerprint density at radius 2 is 1.76 bits per heavy atom. The second kappa shape index (κ2) is 9.20. The number of hydrogen-bond acceptors (Lipinski definition) is 1. The number of unbranched alkanes of at least 4 members (excludes halogenated alkanes) is 4. The van der Waals surface area contributed by atoms with E-state index in [1.165, 1.54) is 19.3 Å². The van der Waals surface area contributed by atoms with Crippen molar-refractivity contribution in [3.05, 3.63) is 35.9 Å². The molecule has 0 heterocycles. The van der Waals surface area contributed by atoms with E-state index in [2.05, 4.69) is 6.92 Å². The molecule has 2 heteroatoms. The molecule has 0 N–H and O–H groups in total. The molecule has 0 spiro atoms. The zero-order chi connectivity index (χ0) is 12.3. The summed E-state index contributed by atoms with van der Waals surface area (Å²) in [5.41, 5.74) is 1.07. The predicted octanol–water partition coefficient (Wildman–Crippen LogP) is 4.32. The molecule has 95 valence electrons. The molecule has 0 aliphatic heterocycles. The average molecular weight is 235 g/mol. The van der Waals surface area contributed by atoms with Gasteiger partial charge in [0.2, 0.25) is 0 Å². The molecule has 0 aromatic heterocycles. The molecule has 17 heavy (non-hydrogen) atoms. The Labute approximate surface area is 105 Å². The molecule has 0 saturated carbocycles. The summed E-state index contributed by atoms with van der Waals surface area (Å²) in [7, 11) is 0. The largest absolute Gasteiger partial charge is 0.345 e. The summed E-state index contributed by atoms with van der Waals surface area (Å²) >= 11 is 0. The van der Waals surface area contributed by atoms with Gasteiger partial charge in [0.1, 0.15) is 0 Å². The van der Waals surface area contributed by atoms with Gasteiger partial charge >= 0.3 is 0 Å². The van der Waals surface area contributed by atoms with Crippen LogP contribution in [0.5, 0.6) is 0 Å². The molecule has 0 aliphatic carbocycles. The van der Waals surface area contributed by atoms with Crippen molar-refractivity contribution in [2.24, 2.45) is 0 Å². The van der Waals surface area contributed by atoms with Crippen LogP contribution in [0.2, 0.25) is 0 Å². The fourth-order valence-electron chi connectivity index (χ4n) is 1.76. The third kappa shape index (κ3) is 7.14. The van der Waals surface area contributed by atoms with Gasteiger partial charge in [0, 0.05) is 6.42 Å². The van der Waals surface area contributed by atoms with Crippen molar-refractivity contribution >= 4 is 0 Å². The highest BCUT2D eigenvalue weighted by Gasteiger charge is 2.05. The van der Waals surface area contributed by atoms with Crippen molar-refractivity contribution in [1.29, 1.82) is 0 Å². The fraction of sp³-hybridized carbons (Fsp3) is 0.600. The minimum atomic E-state index is -0.864. The standard InChI is InChI=1S/C15H23O2/c1-2-3-4-5-9-12-15(16)17-13-14-10-7-6-8-11-14/h6-8,10-11,15H,2-5,9,12-13H2,1H3. The summed E-state index contributed by atoms with van der Waals surface area (Å²) < 4.78 is 5.28. The SMILES string of the molecule is CCCCCCCC([O])OCc1ccccc1. The molecule has 0 amide bonds. The van der Waals surface area contributed by atoms with Crippen molar-refractivity contribution in [2.75, 3.05) is 0 Å². The smallest absolute Gasteiger partial charge is 0.191 e. The first-order valence-electron chi connectivity index (χ1n) is 6.64. The molecule has 0 bridgehead atoms. The Hall–Kier alpha value is -0.860. The lowest BCUT2D eigenvalue weighted by atomic mass is 10.1. The molecule has 1 aromatic carbocycles. The van der Waals surface area contributed by atoms with Crippen LogP contribution in [0.15, 0.2) is 30.3 Å². The Morgan fingerprint density at radius 3 is 2.47 bits per heavy atom. The summed E-state index contributed by atoms with van der Waals surface area (Å²) in [6.07, 6.45) is 5.67. The van der Waals surface area contributed by atoms with Gasteiger partial charge in [0.15, 0.2) is 6.29 Å². The van der Waals surface area contributed by atoms with Crippen LogP contribution in [0.1, 0.15) is 51.0 Å². The van der Waals surface area contributed by atoms with Gasteiger partial charge in [0.05, 0.1) is 6.61 Å². The van der Waals surface area contributed by atoms with Crippen molar-refractivity contribution in [3.63, 3.8) is 0 Å². The van der Waals surface area contributed by atoms with Gasteiger partial charge in [-0.25, -0.2) is 5.11 Å². The van der Waals surface area contributed by atoms with Crippen LogP contribution in [-0.4, -0.2) is 6.29 Å². The quantitative estimate of drug-likeness (QED) is 0.463. The first kappa shape index (κ1) is 14.2. The maximum absolute atomic E-state index is 11.5. The third-order valence-corrected chi connectivity index (χ3v) is 2.82. The summed E-state index contributed by atoms with van der Waals surface area (Å²) in [4.78, 5) is 0. The molecule has 1 rings (SSSR count). The van der Waals surface area contributed by atoms with Crippen molar-refractivity contribution in [3.8, 4) is 0 Å². The number of rotatable bonds is 9. The maximum Gasteiger partial charge on any atom is 0.191 e. The summed E-state index contributed by atoms with van der Waals surface area (Å²) in [5, 5.41) is 11.5. The van der Waals surface area contributed by atoms with Crippen LogP contribution in [-0.2, 0) is 16.5 Å². The van der Waals surface area contributed by atoms with E-state index in [0.717, 1.165) is 18.4 Å². The summed E-state index contributed by atoms with van der Waals surface area (Å²) in [6.45, 7) is 2.63. The Morgan fingerprint density at radius 1 is 1.06 bits per heavy atom. The minimum Gasteiger partial charge on any atom is -0.345 e. The molecular weight excluding hydrogens is 212 g/mol. The molecule has 1 radical (unpaired) electrons. The lowest BCUT2D eigenvalue weighted by Gasteiger charge is -2.09. The highest BCUT2D eigenvalue weighted by molar-refractivity contribution is 5.13. The number of ether oxygens (including phenoxy) is 1. The van der Waals surface area contributed by atoms with Gasteiger partial charge in [-0.2, -0.15) is 0 Å². The topological polar surface area (TPSA) is 29.1 Å². The van der Waals surface area contributed by atoms with Crippen molar-refractivity contribution in [2.45, 2.75) is 58.3 Å². The molecule has 0 saturated heterocycles. The molecule has 0 aliphatic rings. The van der Waals surface area contributed by atoms with E-state index < -0.39 is 6.29 Å². The van der Waals surface area contributed by atoms with Crippen LogP contribution < -0.4 is 0 Å². The van der Waals surface area contributed by atoms with Gasteiger partial charge < -0.3 is 4.74 Å². The fourth-order valence-corrected chi connectivity index (χ4v) is 1.76. The Bertz CT molecular complexity index is 272. The van der Waals surface area contributed by atoms with Gasteiger partial charge in [-0.05, 0) is 12.0 Å². The highest BCUT2D eigenvalue weighted by atomic mass is 16.6. The van der Waals surface area contributed by atoms with Gasteiger partial charge in [-0.15, -0.1) is 0 Å². The van der Waals surface area contributed by atoms with E-state index in [4.69, 9.17) is 4.74 Å². The summed E-state index contributed by atoms with van der Waals surface area (Å²) in [6, 6.07) is 9.85. The Balaban J connectivity index is 2.03. The third-order valence-electron chi connectivity index (χ3n) is 2.82. The second-order valence-electron chi connectivity index (χ2n) is 4.43. The summed E-state index contributed by atoms with van der Waals surface area (Å²) in [5.74, 6) is 0. The first-order valence-corrected chi connectivity index (χ1v) is 6.64. The maximum atomic E-state index is 11.5. The lowest BCUT2D eigenvalue weighted by Crippen LogP contribution is -2.09.